The monoisotopic (exact) mass is 372 g/mol. The smallest absolute Gasteiger partial charge is 0.251 e. The largest absolute Gasteiger partial charge is 0.354 e. The first-order valence-electron chi connectivity index (χ1n) is 9.29. The Morgan fingerprint density at radius 2 is 1.74 bits per heavy atom. The molecule has 0 saturated carbocycles. The van der Waals surface area contributed by atoms with E-state index in [-0.39, 0.29) is 5.56 Å². The van der Waals surface area contributed by atoms with E-state index in [0.717, 1.165) is 48.8 Å². The summed E-state index contributed by atoms with van der Waals surface area (Å²) in [4.78, 5) is 37.8. The number of carbonyl (C=O) groups is 2. The molecule has 2 rings (SSSR count). The van der Waals surface area contributed by atoms with Gasteiger partial charge in [0.2, 0.25) is 0 Å². The Morgan fingerprint density at radius 1 is 1.04 bits per heavy atom. The summed E-state index contributed by atoms with van der Waals surface area (Å²) in [7, 11) is 0. The molecule has 1 amide bonds. The molecule has 0 radical (unpaired) electrons. The van der Waals surface area contributed by atoms with Crippen molar-refractivity contribution in [1.29, 1.82) is 0 Å². The summed E-state index contributed by atoms with van der Waals surface area (Å²) in [6, 6.07) is 8.05. The first kappa shape index (κ1) is 20.6. The highest BCUT2D eigenvalue weighted by Crippen LogP contribution is 2.15. The predicted octanol–water partition coefficient (Wildman–Crippen LogP) is 3.50. The third-order valence-corrected chi connectivity index (χ3v) is 4.33. The fourth-order valence-corrected chi connectivity index (χ4v) is 2.83. The summed E-state index contributed by atoms with van der Waals surface area (Å²) < 4.78 is 14.3. The van der Waals surface area contributed by atoms with Crippen LogP contribution >= 0.6 is 0 Å². The van der Waals surface area contributed by atoms with Crippen LogP contribution in [-0.4, -0.2) is 22.8 Å². The van der Waals surface area contributed by atoms with Gasteiger partial charge in [-0.2, -0.15) is 0 Å². The van der Waals surface area contributed by atoms with Crippen molar-refractivity contribution in [1.82, 2.24) is 9.88 Å². The summed E-state index contributed by atoms with van der Waals surface area (Å²) in [5, 5.41) is 2.75. The molecule has 0 aliphatic heterocycles. The number of ketones is 1. The van der Waals surface area contributed by atoms with Crippen molar-refractivity contribution in [3.63, 3.8) is 0 Å². The van der Waals surface area contributed by atoms with E-state index in [9.17, 15) is 18.8 Å². The standard InChI is InChI=1S/C21H25FN2O3/c1-2-3-4-5-7-14-23-21(27)19(24-15-8-6-9-18(24)25)20(26)16-10-12-17(22)13-11-16/h6,8-13,15,19H,2-5,7,14H2,1H3,(H,23,27)/t19-/m0/s1. The van der Waals surface area contributed by atoms with E-state index in [1.165, 1.54) is 24.4 Å². The number of nitrogens with one attached hydrogen (secondary N) is 1. The van der Waals surface area contributed by atoms with Crippen molar-refractivity contribution in [2.75, 3.05) is 6.54 Å². The lowest BCUT2D eigenvalue weighted by atomic mass is 10.0. The van der Waals surface area contributed by atoms with E-state index in [2.05, 4.69) is 12.2 Å². The zero-order valence-electron chi connectivity index (χ0n) is 15.5. The van der Waals surface area contributed by atoms with E-state index in [1.807, 2.05) is 0 Å². The van der Waals surface area contributed by atoms with Gasteiger partial charge in [0.05, 0.1) is 0 Å². The van der Waals surface area contributed by atoms with Crippen LogP contribution in [-0.2, 0) is 4.79 Å². The molecule has 1 heterocycles. The Labute approximate surface area is 158 Å². The van der Waals surface area contributed by atoms with E-state index < -0.39 is 29.1 Å². The lowest BCUT2D eigenvalue weighted by Gasteiger charge is -2.18. The highest BCUT2D eigenvalue weighted by Gasteiger charge is 2.29. The molecule has 1 N–H and O–H groups in total. The number of pyridine rings is 1. The van der Waals surface area contributed by atoms with Gasteiger partial charge in [-0.15, -0.1) is 0 Å². The topological polar surface area (TPSA) is 68.2 Å². The fraction of sp³-hybridized carbons (Fsp3) is 0.381. The van der Waals surface area contributed by atoms with Crippen molar-refractivity contribution in [3.8, 4) is 0 Å². The van der Waals surface area contributed by atoms with Crippen molar-refractivity contribution in [3.05, 3.63) is 70.4 Å². The molecule has 2 aromatic rings. The fourth-order valence-electron chi connectivity index (χ4n) is 2.83. The van der Waals surface area contributed by atoms with Crippen molar-refractivity contribution in [2.45, 2.75) is 45.1 Å². The minimum atomic E-state index is -1.32. The first-order valence-corrected chi connectivity index (χ1v) is 9.29. The number of hydrogen-bond acceptors (Lipinski definition) is 3. The first-order chi connectivity index (χ1) is 13.0. The third kappa shape index (κ3) is 5.88. The van der Waals surface area contributed by atoms with Gasteiger partial charge in [0, 0.05) is 24.4 Å². The van der Waals surface area contributed by atoms with Crippen molar-refractivity contribution in [2.24, 2.45) is 0 Å². The van der Waals surface area contributed by atoms with E-state index in [4.69, 9.17) is 0 Å². The molecule has 144 valence electrons. The number of rotatable bonds is 10. The Kier molecular flexibility index (Phi) is 7.92. The third-order valence-electron chi connectivity index (χ3n) is 4.33. The van der Waals surface area contributed by atoms with Gasteiger partial charge >= 0.3 is 0 Å². The van der Waals surface area contributed by atoms with Crippen molar-refractivity contribution < 1.29 is 14.0 Å². The number of hydrogen-bond donors (Lipinski definition) is 1. The molecule has 27 heavy (non-hydrogen) atoms. The number of nitrogens with zero attached hydrogens (tertiary/aromatic N) is 1. The van der Waals surface area contributed by atoms with Crippen LogP contribution in [0.5, 0.6) is 0 Å². The van der Waals surface area contributed by atoms with Gasteiger partial charge in [0.25, 0.3) is 11.5 Å². The van der Waals surface area contributed by atoms with Gasteiger partial charge in [-0.05, 0) is 36.8 Å². The highest BCUT2D eigenvalue weighted by molar-refractivity contribution is 6.11. The molecule has 5 nitrogen and oxygen atoms in total. The molecule has 0 aliphatic rings. The number of halogens is 1. The molecule has 0 fully saturated rings. The lowest BCUT2D eigenvalue weighted by Crippen LogP contribution is -2.41. The second-order valence-corrected chi connectivity index (χ2v) is 6.43. The van der Waals surface area contributed by atoms with Crippen LogP contribution in [0.3, 0.4) is 0 Å². The number of benzene rings is 1. The summed E-state index contributed by atoms with van der Waals surface area (Å²) in [6.45, 7) is 2.57. The van der Waals surface area contributed by atoms with Gasteiger partial charge in [-0.25, -0.2) is 4.39 Å². The number of aromatic nitrogens is 1. The number of amides is 1. The number of carbonyl (C=O) groups excluding carboxylic acids is 2. The minimum absolute atomic E-state index is 0.176. The van der Waals surface area contributed by atoms with E-state index in [1.54, 1.807) is 12.1 Å². The van der Waals surface area contributed by atoms with Gasteiger partial charge < -0.3 is 5.32 Å². The van der Waals surface area contributed by atoms with Crippen LogP contribution in [0.15, 0.2) is 53.5 Å². The molecule has 0 aliphatic carbocycles. The highest BCUT2D eigenvalue weighted by atomic mass is 19.1. The average molecular weight is 372 g/mol. The van der Waals surface area contributed by atoms with Crippen molar-refractivity contribution >= 4 is 11.7 Å². The Hall–Kier alpha value is -2.76. The molecular formula is C21H25FN2O3. The molecule has 0 bridgehead atoms. The maximum absolute atomic E-state index is 13.1. The van der Waals surface area contributed by atoms with Crippen LogP contribution in [0, 0.1) is 5.82 Å². The predicted molar refractivity (Wildman–Crippen MR) is 102 cm³/mol. The van der Waals surface area contributed by atoms with Gasteiger partial charge in [-0.1, -0.05) is 38.7 Å². The Bertz CT molecular complexity index is 815. The Morgan fingerprint density at radius 3 is 2.41 bits per heavy atom. The van der Waals surface area contributed by atoms with Gasteiger partial charge in [0.1, 0.15) is 5.82 Å². The molecule has 1 aromatic heterocycles. The maximum Gasteiger partial charge on any atom is 0.251 e. The number of unbranched alkanes of at least 4 members (excludes halogenated alkanes) is 4. The molecule has 0 saturated heterocycles. The number of Topliss-reactive ketones (excluding diaryl/α,β-unsaturated/α-hetero) is 1. The van der Waals surface area contributed by atoms with Gasteiger partial charge in [0.15, 0.2) is 11.8 Å². The second-order valence-electron chi connectivity index (χ2n) is 6.43. The van der Waals surface area contributed by atoms with Crippen LogP contribution < -0.4 is 10.9 Å². The average Bonchev–Trinajstić information content (AvgIpc) is 2.67. The van der Waals surface area contributed by atoms with Crippen LogP contribution in [0.1, 0.15) is 55.4 Å². The SMILES string of the molecule is CCCCCCCNC(=O)[C@H](C(=O)c1ccc(F)cc1)n1ccccc1=O. The molecular weight excluding hydrogens is 347 g/mol. The molecule has 1 aromatic carbocycles. The maximum atomic E-state index is 13.1. The lowest BCUT2D eigenvalue weighted by molar-refractivity contribution is -0.123. The quantitative estimate of drug-likeness (QED) is 0.394. The Balaban J connectivity index is 2.16. The normalized spacial score (nSPS) is 11.8. The minimum Gasteiger partial charge on any atom is -0.354 e. The summed E-state index contributed by atoms with van der Waals surface area (Å²) in [5.41, 5.74) is -0.272. The zero-order chi connectivity index (χ0) is 19.6. The van der Waals surface area contributed by atoms with Crippen LogP contribution in [0.25, 0.3) is 0 Å². The summed E-state index contributed by atoms with van der Waals surface area (Å²) in [6.07, 6.45) is 6.61. The second kappa shape index (κ2) is 10.4. The van der Waals surface area contributed by atoms with E-state index >= 15 is 0 Å². The molecule has 0 spiro atoms. The summed E-state index contributed by atoms with van der Waals surface area (Å²) in [5.74, 6) is -1.56. The zero-order valence-corrected chi connectivity index (χ0v) is 15.5. The molecule has 6 heteroatoms. The molecule has 1 atom stereocenters. The van der Waals surface area contributed by atoms with Crippen LogP contribution in [0.2, 0.25) is 0 Å². The van der Waals surface area contributed by atoms with Crippen LogP contribution in [0.4, 0.5) is 4.39 Å². The van der Waals surface area contributed by atoms with E-state index in [0.29, 0.717) is 6.54 Å². The molecule has 0 unspecified atom stereocenters. The summed E-state index contributed by atoms with van der Waals surface area (Å²) >= 11 is 0. The van der Waals surface area contributed by atoms with Gasteiger partial charge in [-0.3, -0.25) is 19.0 Å².